The SMILES string of the molecule is CS(=O)(=O)c1ccc(NC(=O)N[C@@H]2CCNC2)cc1. The van der Waals surface area contributed by atoms with Gasteiger partial charge < -0.3 is 16.0 Å². The minimum atomic E-state index is -3.20. The molecule has 1 aromatic rings. The molecule has 0 saturated carbocycles. The summed E-state index contributed by atoms with van der Waals surface area (Å²) in [4.78, 5) is 11.9. The summed E-state index contributed by atoms with van der Waals surface area (Å²) in [6.45, 7) is 1.69. The number of hydrogen-bond donors (Lipinski definition) is 3. The van der Waals surface area contributed by atoms with Crippen LogP contribution in [0.1, 0.15) is 6.42 Å². The molecule has 0 radical (unpaired) electrons. The third kappa shape index (κ3) is 3.93. The zero-order chi connectivity index (χ0) is 13.9. The van der Waals surface area contributed by atoms with Gasteiger partial charge in [-0.2, -0.15) is 0 Å². The molecule has 19 heavy (non-hydrogen) atoms. The van der Waals surface area contributed by atoms with Crippen LogP contribution >= 0.6 is 0 Å². The molecule has 2 rings (SSSR count). The van der Waals surface area contributed by atoms with Crippen molar-refractivity contribution in [2.45, 2.75) is 17.4 Å². The number of amides is 2. The second-order valence-corrected chi connectivity index (χ2v) is 6.60. The topological polar surface area (TPSA) is 87.3 Å². The Hall–Kier alpha value is -1.60. The van der Waals surface area contributed by atoms with Gasteiger partial charge in [0.2, 0.25) is 0 Å². The molecule has 0 bridgehead atoms. The summed E-state index contributed by atoms with van der Waals surface area (Å²) in [7, 11) is -3.20. The zero-order valence-corrected chi connectivity index (χ0v) is 11.5. The summed E-state index contributed by atoms with van der Waals surface area (Å²) in [5.41, 5.74) is 0.566. The van der Waals surface area contributed by atoms with E-state index in [2.05, 4.69) is 16.0 Å². The lowest BCUT2D eigenvalue weighted by atomic mass is 10.3. The Kier molecular flexibility index (Phi) is 4.06. The van der Waals surface area contributed by atoms with Crippen molar-refractivity contribution in [3.63, 3.8) is 0 Å². The van der Waals surface area contributed by atoms with E-state index in [4.69, 9.17) is 0 Å². The van der Waals surface area contributed by atoms with E-state index in [0.717, 1.165) is 25.8 Å². The first-order chi connectivity index (χ1) is 8.95. The Morgan fingerprint density at radius 1 is 1.32 bits per heavy atom. The lowest BCUT2D eigenvalue weighted by Crippen LogP contribution is -2.39. The molecule has 0 aliphatic carbocycles. The van der Waals surface area contributed by atoms with Crippen LogP contribution in [0.25, 0.3) is 0 Å². The second-order valence-electron chi connectivity index (χ2n) is 4.58. The molecule has 0 unspecified atom stereocenters. The van der Waals surface area contributed by atoms with E-state index in [1.165, 1.54) is 12.1 Å². The number of anilines is 1. The lowest BCUT2D eigenvalue weighted by molar-refractivity contribution is 0.249. The van der Waals surface area contributed by atoms with Crippen LogP contribution in [-0.4, -0.2) is 39.8 Å². The molecule has 1 aromatic carbocycles. The molecular formula is C12H17N3O3S. The average Bonchev–Trinajstić information content (AvgIpc) is 2.81. The van der Waals surface area contributed by atoms with Gasteiger partial charge in [-0.15, -0.1) is 0 Å². The predicted octanol–water partition coefficient (Wildman–Crippen LogP) is 0.573. The van der Waals surface area contributed by atoms with Crippen LogP contribution in [0.2, 0.25) is 0 Å². The smallest absolute Gasteiger partial charge is 0.319 e. The van der Waals surface area contributed by atoms with Gasteiger partial charge >= 0.3 is 6.03 Å². The Morgan fingerprint density at radius 2 is 2.00 bits per heavy atom. The molecule has 0 aromatic heterocycles. The fourth-order valence-corrected chi connectivity index (χ4v) is 2.55. The number of hydrogen-bond acceptors (Lipinski definition) is 4. The van der Waals surface area contributed by atoms with Gasteiger partial charge in [0, 0.05) is 24.5 Å². The normalized spacial score (nSPS) is 19.1. The van der Waals surface area contributed by atoms with Crippen molar-refractivity contribution >= 4 is 21.6 Å². The van der Waals surface area contributed by atoms with E-state index < -0.39 is 9.84 Å². The molecular weight excluding hydrogens is 266 g/mol. The van der Waals surface area contributed by atoms with Crippen LogP contribution in [0.3, 0.4) is 0 Å². The number of sulfone groups is 1. The number of urea groups is 1. The molecule has 1 aliphatic heterocycles. The number of rotatable bonds is 3. The van der Waals surface area contributed by atoms with Crippen molar-refractivity contribution in [3.05, 3.63) is 24.3 Å². The monoisotopic (exact) mass is 283 g/mol. The van der Waals surface area contributed by atoms with Crippen LogP contribution in [-0.2, 0) is 9.84 Å². The van der Waals surface area contributed by atoms with E-state index in [-0.39, 0.29) is 17.0 Å². The van der Waals surface area contributed by atoms with E-state index in [0.29, 0.717) is 5.69 Å². The number of nitrogens with one attached hydrogen (secondary N) is 3. The summed E-state index contributed by atoms with van der Waals surface area (Å²) in [5, 5.41) is 8.67. The quantitative estimate of drug-likeness (QED) is 0.757. The van der Waals surface area contributed by atoms with E-state index in [9.17, 15) is 13.2 Å². The van der Waals surface area contributed by atoms with Gasteiger partial charge in [0.25, 0.3) is 0 Å². The molecule has 0 spiro atoms. The Morgan fingerprint density at radius 3 is 2.53 bits per heavy atom. The van der Waals surface area contributed by atoms with Crippen LogP contribution in [0.15, 0.2) is 29.2 Å². The number of carbonyl (C=O) groups excluding carboxylic acids is 1. The summed E-state index contributed by atoms with van der Waals surface area (Å²) in [6, 6.07) is 5.96. The van der Waals surface area contributed by atoms with Gasteiger partial charge in [-0.25, -0.2) is 13.2 Å². The molecule has 6 nitrogen and oxygen atoms in total. The first-order valence-electron chi connectivity index (χ1n) is 6.03. The first-order valence-corrected chi connectivity index (χ1v) is 7.92. The zero-order valence-electron chi connectivity index (χ0n) is 10.6. The van der Waals surface area contributed by atoms with E-state index >= 15 is 0 Å². The van der Waals surface area contributed by atoms with Crippen molar-refractivity contribution in [3.8, 4) is 0 Å². The maximum atomic E-state index is 11.7. The van der Waals surface area contributed by atoms with Crippen molar-refractivity contribution in [1.82, 2.24) is 10.6 Å². The highest BCUT2D eigenvalue weighted by molar-refractivity contribution is 7.90. The Labute approximate surface area is 112 Å². The highest BCUT2D eigenvalue weighted by Crippen LogP contribution is 2.13. The van der Waals surface area contributed by atoms with Gasteiger partial charge in [0.1, 0.15) is 0 Å². The van der Waals surface area contributed by atoms with E-state index in [1.54, 1.807) is 12.1 Å². The molecule has 1 heterocycles. The molecule has 3 N–H and O–H groups in total. The van der Waals surface area contributed by atoms with Crippen molar-refractivity contribution in [1.29, 1.82) is 0 Å². The predicted molar refractivity (Wildman–Crippen MR) is 73.0 cm³/mol. The second kappa shape index (κ2) is 5.58. The standard InChI is InChI=1S/C12H17N3O3S/c1-19(17,18)11-4-2-9(3-5-11)14-12(16)15-10-6-7-13-8-10/h2-5,10,13H,6-8H2,1H3,(H2,14,15,16)/t10-/m1/s1. The first kappa shape index (κ1) is 13.8. The maximum Gasteiger partial charge on any atom is 0.319 e. The summed E-state index contributed by atoms with van der Waals surface area (Å²) < 4.78 is 22.6. The Balaban J connectivity index is 1.93. The maximum absolute atomic E-state index is 11.7. The molecule has 1 fully saturated rings. The van der Waals surface area contributed by atoms with Crippen LogP contribution in [0.4, 0.5) is 10.5 Å². The van der Waals surface area contributed by atoms with Gasteiger partial charge in [0.05, 0.1) is 4.90 Å². The highest BCUT2D eigenvalue weighted by Gasteiger charge is 2.16. The average molecular weight is 283 g/mol. The van der Waals surface area contributed by atoms with Crippen molar-refractivity contribution < 1.29 is 13.2 Å². The fourth-order valence-electron chi connectivity index (χ4n) is 1.92. The molecule has 1 atom stereocenters. The summed E-state index contributed by atoms with van der Waals surface area (Å²) in [6.07, 6.45) is 2.07. The van der Waals surface area contributed by atoms with Gasteiger partial charge in [-0.3, -0.25) is 0 Å². The van der Waals surface area contributed by atoms with Gasteiger partial charge in [0.15, 0.2) is 9.84 Å². The molecule has 1 aliphatic rings. The third-order valence-corrected chi connectivity index (χ3v) is 4.06. The van der Waals surface area contributed by atoms with E-state index in [1.807, 2.05) is 0 Å². The van der Waals surface area contributed by atoms with Gasteiger partial charge in [-0.1, -0.05) is 0 Å². The number of carbonyl (C=O) groups is 1. The van der Waals surface area contributed by atoms with Crippen LogP contribution in [0.5, 0.6) is 0 Å². The van der Waals surface area contributed by atoms with Crippen molar-refractivity contribution in [2.24, 2.45) is 0 Å². The molecule has 1 saturated heterocycles. The lowest BCUT2D eigenvalue weighted by Gasteiger charge is -2.12. The van der Waals surface area contributed by atoms with Gasteiger partial charge in [-0.05, 0) is 37.2 Å². The van der Waals surface area contributed by atoms with Crippen LogP contribution in [0, 0.1) is 0 Å². The largest absolute Gasteiger partial charge is 0.334 e. The van der Waals surface area contributed by atoms with Crippen LogP contribution < -0.4 is 16.0 Å². The molecule has 7 heteroatoms. The third-order valence-electron chi connectivity index (χ3n) is 2.94. The van der Waals surface area contributed by atoms with Crippen molar-refractivity contribution in [2.75, 3.05) is 24.7 Å². The highest BCUT2D eigenvalue weighted by atomic mass is 32.2. The summed E-state index contributed by atoms with van der Waals surface area (Å²) >= 11 is 0. The minimum Gasteiger partial charge on any atom is -0.334 e. The molecule has 104 valence electrons. The minimum absolute atomic E-state index is 0.148. The number of benzene rings is 1. The molecule has 2 amide bonds. The Bertz CT molecular complexity index is 548. The fraction of sp³-hybridized carbons (Fsp3) is 0.417. The summed E-state index contributed by atoms with van der Waals surface area (Å²) in [5.74, 6) is 0.